The van der Waals surface area contributed by atoms with Gasteiger partial charge in [0.25, 0.3) is 0 Å². The molecule has 1 spiro atoms. The van der Waals surface area contributed by atoms with Gasteiger partial charge in [0.15, 0.2) is 5.54 Å². The Morgan fingerprint density at radius 1 is 1.27 bits per heavy atom. The molecule has 2 aliphatic rings. The van der Waals surface area contributed by atoms with E-state index in [2.05, 4.69) is 12.2 Å². The van der Waals surface area contributed by atoms with Gasteiger partial charge in [0.2, 0.25) is 5.72 Å². The SMILES string of the molecule is CC1CCC2(CC1)[NH2+]C(CO)(CO)CO2. The van der Waals surface area contributed by atoms with Crippen LogP contribution in [0.1, 0.15) is 32.6 Å². The van der Waals surface area contributed by atoms with E-state index in [1.54, 1.807) is 0 Å². The third kappa shape index (κ3) is 2.04. The largest absolute Gasteiger partial charge is 0.390 e. The van der Waals surface area contributed by atoms with Gasteiger partial charge in [-0.3, -0.25) is 0 Å². The molecule has 0 atom stereocenters. The average molecular weight is 216 g/mol. The van der Waals surface area contributed by atoms with Gasteiger partial charge in [-0.05, 0) is 18.8 Å². The van der Waals surface area contributed by atoms with E-state index in [0.29, 0.717) is 6.61 Å². The highest BCUT2D eigenvalue weighted by Gasteiger charge is 2.53. The first-order valence-electron chi connectivity index (χ1n) is 5.86. The molecular weight excluding hydrogens is 194 g/mol. The zero-order valence-electron chi connectivity index (χ0n) is 9.41. The fourth-order valence-corrected chi connectivity index (χ4v) is 2.70. The molecule has 1 saturated heterocycles. The van der Waals surface area contributed by atoms with Gasteiger partial charge in [-0.25, -0.2) is 0 Å². The normalized spacial score (nSPS) is 39.8. The minimum atomic E-state index is -0.499. The Kier molecular flexibility index (Phi) is 3.03. The molecule has 4 nitrogen and oxygen atoms in total. The number of nitrogens with two attached hydrogens (primary N) is 1. The van der Waals surface area contributed by atoms with E-state index in [9.17, 15) is 10.2 Å². The summed E-state index contributed by atoms with van der Waals surface area (Å²) in [6, 6.07) is 0. The Morgan fingerprint density at radius 3 is 2.33 bits per heavy atom. The molecule has 2 fully saturated rings. The molecule has 2 rings (SSSR count). The van der Waals surface area contributed by atoms with Crippen molar-refractivity contribution in [2.24, 2.45) is 5.92 Å². The Bertz CT molecular complexity index is 220. The van der Waals surface area contributed by atoms with Crippen LogP contribution in [0.2, 0.25) is 0 Å². The molecule has 88 valence electrons. The third-order valence-electron chi connectivity index (χ3n) is 3.97. The van der Waals surface area contributed by atoms with Crippen molar-refractivity contribution >= 4 is 0 Å². The van der Waals surface area contributed by atoms with Crippen LogP contribution in [0.25, 0.3) is 0 Å². The second-order valence-corrected chi connectivity index (χ2v) is 5.36. The van der Waals surface area contributed by atoms with Gasteiger partial charge >= 0.3 is 0 Å². The lowest BCUT2D eigenvalue weighted by Crippen LogP contribution is -3.05. The molecule has 1 aliphatic carbocycles. The number of quaternary nitrogens is 1. The maximum Gasteiger partial charge on any atom is 0.201 e. The van der Waals surface area contributed by atoms with Crippen molar-refractivity contribution in [1.29, 1.82) is 0 Å². The van der Waals surface area contributed by atoms with E-state index in [4.69, 9.17) is 4.74 Å². The molecular formula is C11H22NO3+. The van der Waals surface area contributed by atoms with Crippen LogP contribution in [0.5, 0.6) is 0 Å². The van der Waals surface area contributed by atoms with Gasteiger partial charge in [-0.15, -0.1) is 0 Å². The zero-order chi connectivity index (χ0) is 10.9. The second kappa shape index (κ2) is 4.01. The van der Waals surface area contributed by atoms with Gasteiger partial charge in [0.05, 0.1) is 0 Å². The maximum absolute atomic E-state index is 9.31. The van der Waals surface area contributed by atoms with Crippen LogP contribution in [0.4, 0.5) is 0 Å². The lowest BCUT2D eigenvalue weighted by Gasteiger charge is -2.33. The van der Waals surface area contributed by atoms with Crippen molar-refractivity contribution in [2.75, 3.05) is 19.8 Å². The molecule has 4 heteroatoms. The quantitative estimate of drug-likeness (QED) is 0.567. The van der Waals surface area contributed by atoms with Crippen molar-refractivity contribution in [1.82, 2.24) is 0 Å². The highest BCUT2D eigenvalue weighted by molar-refractivity contribution is 4.87. The van der Waals surface area contributed by atoms with E-state index in [1.165, 1.54) is 12.8 Å². The topological polar surface area (TPSA) is 66.3 Å². The Labute approximate surface area is 90.6 Å². The number of rotatable bonds is 2. The van der Waals surface area contributed by atoms with Crippen LogP contribution in [0.15, 0.2) is 0 Å². The van der Waals surface area contributed by atoms with Gasteiger partial charge in [-0.2, -0.15) is 0 Å². The molecule has 15 heavy (non-hydrogen) atoms. The van der Waals surface area contributed by atoms with Gasteiger partial charge in [0.1, 0.15) is 19.8 Å². The number of ether oxygens (including phenoxy) is 1. The smallest absolute Gasteiger partial charge is 0.201 e. The van der Waals surface area contributed by atoms with Crippen molar-refractivity contribution in [2.45, 2.75) is 43.9 Å². The summed E-state index contributed by atoms with van der Waals surface area (Å²) in [7, 11) is 0. The number of aliphatic hydroxyl groups is 2. The summed E-state index contributed by atoms with van der Waals surface area (Å²) in [5.41, 5.74) is -0.654. The van der Waals surface area contributed by atoms with E-state index in [1.807, 2.05) is 0 Å². The first-order chi connectivity index (χ1) is 7.14. The van der Waals surface area contributed by atoms with Crippen LogP contribution in [0.3, 0.4) is 0 Å². The van der Waals surface area contributed by atoms with Crippen LogP contribution >= 0.6 is 0 Å². The molecule has 0 bridgehead atoms. The summed E-state index contributed by atoms with van der Waals surface area (Å²) in [5, 5.41) is 20.7. The first kappa shape index (κ1) is 11.3. The van der Waals surface area contributed by atoms with Crippen LogP contribution < -0.4 is 5.32 Å². The third-order valence-corrected chi connectivity index (χ3v) is 3.97. The average Bonchev–Trinajstić information content (AvgIpc) is 2.64. The summed E-state index contributed by atoms with van der Waals surface area (Å²) in [5.74, 6) is 0.783. The van der Waals surface area contributed by atoms with Crippen LogP contribution in [0, 0.1) is 5.92 Å². The predicted octanol–water partition coefficient (Wildman–Crippen LogP) is -0.790. The molecule has 1 heterocycles. The molecule has 0 radical (unpaired) electrons. The number of aliphatic hydroxyl groups excluding tert-OH is 2. The molecule has 0 amide bonds. The molecule has 0 aromatic heterocycles. The summed E-state index contributed by atoms with van der Waals surface area (Å²) in [4.78, 5) is 0. The van der Waals surface area contributed by atoms with Gasteiger partial charge in [0, 0.05) is 12.8 Å². The second-order valence-electron chi connectivity index (χ2n) is 5.36. The van der Waals surface area contributed by atoms with Crippen LogP contribution in [-0.2, 0) is 4.74 Å². The molecule has 0 unspecified atom stereocenters. The monoisotopic (exact) mass is 216 g/mol. The first-order valence-corrected chi connectivity index (χ1v) is 5.86. The number of hydrogen-bond acceptors (Lipinski definition) is 3. The zero-order valence-corrected chi connectivity index (χ0v) is 9.41. The van der Waals surface area contributed by atoms with E-state index < -0.39 is 5.54 Å². The molecule has 1 saturated carbocycles. The highest BCUT2D eigenvalue weighted by Crippen LogP contribution is 2.33. The summed E-state index contributed by atoms with van der Waals surface area (Å²) < 4.78 is 5.85. The fourth-order valence-electron chi connectivity index (χ4n) is 2.70. The van der Waals surface area contributed by atoms with Crippen molar-refractivity contribution in [3.05, 3.63) is 0 Å². The maximum atomic E-state index is 9.31. The number of hydrogen-bond donors (Lipinski definition) is 3. The minimum absolute atomic E-state index is 0.0131. The molecule has 0 aromatic carbocycles. The minimum Gasteiger partial charge on any atom is -0.390 e. The molecule has 4 N–H and O–H groups in total. The van der Waals surface area contributed by atoms with E-state index >= 15 is 0 Å². The molecule has 0 aromatic rings. The summed E-state index contributed by atoms with van der Waals surface area (Å²) in [6.07, 6.45) is 4.44. The van der Waals surface area contributed by atoms with E-state index in [-0.39, 0.29) is 18.9 Å². The Balaban J connectivity index is 2.01. The van der Waals surface area contributed by atoms with Crippen LogP contribution in [-0.4, -0.2) is 41.3 Å². The van der Waals surface area contributed by atoms with Crippen molar-refractivity contribution in [3.63, 3.8) is 0 Å². The lowest BCUT2D eigenvalue weighted by molar-refractivity contribution is -0.791. The van der Waals surface area contributed by atoms with Gasteiger partial charge < -0.3 is 20.3 Å². The Morgan fingerprint density at radius 2 is 1.87 bits per heavy atom. The molecule has 1 aliphatic heterocycles. The van der Waals surface area contributed by atoms with Gasteiger partial charge in [-0.1, -0.05) is 6.92 Å². The standard InChI is InChI=1S/C11H21NO3/c1-9-2-4-11(5-3-9)12-10(6-13,7-14)8-15-11/h9,12-14H,2-8H2,1H3/p+1. The summed E-state index contributed by atoms with van der Waals surface area (Å²) in [6.45, 7) is 2.71. The Hall–Kier alpha value is -0.160. The predicted molar refractivity (Wildman–Crippen MR) is 55.1 cm³/mol. The summed E-state index contributed by atoms with van der Waals surface area (Å²) >= 11 is 0. The lowest BCUT2D eigenvalue weighted by atomic mass is 9.84. The van der Waals surface area contributed by atoms with Crippen molar-refractivity contribution in [3.8, 4) is 0 Å². The fraction of sp³-hybridized carbons (Fsp3) is 1.00. The highest BCUT2D eigenvalue weighted by atomic mass is 16.5. The van der Waals surface area contributed by atoms with E-state index in [0.717, 1.165) is 18.8 Å². The van der Waals surface area contributed by atoms with Crippen molar-refractivity contribution < 1.29 is 20.3 Å².